The molecule has 0 heterocycles. The number of nitrogen functional groups attached to an aromatic ring is 1. The van der Waals surface area contributed by atoms with Gasteiger partial charge in [0.25, 0.3) is 5.91 Å². The van der Waals surface area contributed by atoms with Gasteiger partial charge in [-0.05, 0) is 62.6 Å². The molecular formula is C21H27N3O2. The molecule has 0 unspecified atom stereocenters. The summed E-state index contributed by atoms with van der Waals surface area (Å²) in [7, 11) is 0. The van der Waals surface area contributed by atoms with Crippen LogP contribution in [0.1, 0.15) is 49.5 Å². The van der Waals surface area contributed by atoms with Crippen molar-refractivity contribution < 1.29 is 9.59 Å². The van der Waals surface area contributed by atoms with Crippen LogP contribution in [0.3, 0.4) is 0 Å². The van der Waals surface area contributed by atoms with Gasteiger partial charge in [-0.3, -0.25) is 9.59 Å². The summed E-state index contributed by atoms with van der Waals surface area (Å²) in [5.41, 5.74) is 8.55. The minimum absolute atomic E-state index is 0.0856. The fourth-order valence-corrected chi connectivity index (χ4v) is 2.41. The Kier molecular flexibility index (Phi) is 6.39. The molecule has 138 valence electrons. The van der Waals surface area contributed by atoms with Crippen molar-refractivity contribution in [1.82, 2.24) is 5.32 Å². The van der Waals surface area contributed by atoms with E-state index >= 15 is 0 Å². The van der Waals surface area contributed by atoms with Gasteiger partial charge in [0.1, 0.15) is 0 Å². The van der Waals surface area contributed by atoms with E-state index in [1.165, 1.54) is 0 Å². The van der Waals surface area contributed by atoms with E-state index in [9.17, 15) is 9.59 Å². The second kappa shape index (κ2) is 8.52. The van der Waals surface area contributed by atoms with Gasteiger partial charge in [0, 0.05) is 28.9 Å². The van der Waals surface area contributed by atoms with Crippen LogP contribution in [0.2, 0.25) is 0 Å². The molecule has 0 radical (unpaired) electrons. The highest BCUT2D eigenvalue weighted by atomic mass is 16.2. The Bertz CT molecular complexity index is 767. The third-order valence-electron chi connectivity index (χ3n) is 4.44. The zero-order chi connectivity index (χ0) is 19.2. The molecule has 0 aliphatic carbocycles. The largest absolute Gasteiger partial charge is 0.399 e. The number of nitrogens with two attached hydrogens (primary N) is 1. The van der Waals surface area contributed by atoms with Crippen molar-refractivity contribution in [2.24, 2.45) is 0 Å². The van der Waals surface area contributed by atoms with Gasteiger partial charge >= 0.3 is 0 Å². The quantitative estimate of drug-likeness (QED) is 0.663. The van der Waals surface area contributed by atoms with E-state index in [1.54, 1.807) is 24.3 Å². The monoisotopic (exact) mass is 353 g/mol. The van der Waals surface area contributed by atoms with Crippen molar-refractivity contribution in [1.29, 1.82) is 0 Å². The molecule has 0 atom stereocenters. The summed E-state index contributed by atoms with van der Waals surface area (Å²) in [6.07, 6.45) is 1.78. The number of carbonyl (C=O) groups excluding carboxylic acids is 2. The van der Waals surface area contributed by atoms with Gasteiger partial charge in [0.15, 0.2) is 0 Å². The van der Waals surface area contributed by atoms with Gasteiger partial charge in [-0.2, -0.15) is 0 Å². The van der Waals surface area contributed by atoms with E-state index < -0.39 is 0 Å². The molecule has 2 amide bonds. The van der Waals surface area contributed by atoms with Gasteiger partial charge in [-0.15, -0.1) is 0 Å². The van der Waals surface area contributed by atoms with Crippen LogP contribution in [0.5, 0.6) is 0 Å². The van der Waals surface area contributed by atoms with Crippen molar-refractivity contribution >= 4 is 23.2 Å². The fourth-order valence-electron chi connectivity index (χ4n) is 2.41. The molecule has 0 aliphatic rings. The van der Waals surface area contributed by atoms with E-state index in [1.807, 2.05) is 45.0 Å². The third-order valence-corrected chi connectivity index (χ3v) is 4.44. The van der Waals surface area contributed by atoms with Gasteiger partial charge in [0.05, 0.1) is 0 Å². The number of carbonyl (C=O) groups is 2. The minimum Gasteiger partial charge on any atom is -0.399 e. The van der Waals surface area contributed by atoms with Crippen molar-refractivity contribution in [3.8, 4) is 0 Å². The zero-order valence-electron chi connectivity index (χ0n) is 15.6. The SMILES string of the molecule is CCC(C)(C)NC(=O)c1ccc(NC(=O)CCc2ccccc2N)cc1. The molecule has 0 aliphatic heterocycles. The standard InChI is InChI=1S/C21H27N3O2/c1-4-21(2,3)24-20(26)16-9-12-17(13-10-16)23-19(25)14-11-15-7-5-6-8-18(15)22/h5-10,12-13H,4,11,14,22H2,1-3H3,(H,23,25)(H,24,26). The van der Waals surface area contributed by atoms with Crippen LogP contribution in [0.25, 0.3) is 0 Å². The number of anilines is 2. The van der Waals surface area contributed by atoms with Crippen LogP contribution in [0.15, 0.2) is 48.5 Å². The summed E-state index contributed by atoms with van der Waals surface area (Å²) in [6, 6.07) is 14.4. The van der Waals surface area contributed by atoms with E-state index in [4.69, 9.17) is 5.73 Å². The summed E-state index contributed by atoms with van der Waals surface area (Å²) in [5.74, 6) is -0.202. The first-order valence-electron chi connectivity index (χ1n) is 8.86. The van der Waals surface area contributed by atoms with E-state index in [2.05, 4.69) is 10.6 Å². The molecule has 4 N–H and O–H groups in total. The lowest BCUT2D eigenvalue weighted by Crippen LogP contribution is -2.42. The predicted molar refractivity (Wildman–Crippen MR) is 106 cm³/mol. The van der Waals surface area contributed by atoms with E-state index in [-0.39, 0.29) is 17.4 Å². The van der Waals surface area contributed by atoms with Crippen molar-refractivity contribution in [3.63, 3.8) is 0 Å². The molecule has 0 bridgehead atoms. The summed E-state index contributed by atoms with van der Waals surface area (Å²) in [6.45, 7) is 6.00. The molecule has 5 heteroatoms. The molecule has 2 rings (SSSR count). The van der Waals surface area contributed by atoms with Crippen molar-refractivity contribution in [2.75, 3.05) is 11.1 Å². The average Bonchev–Trinajstić information content (AvgIpc) is 2.61. The Labute approximate surface area is 155 Å². The molecular weight excluding hydrogens is 326 g/mol. The summed E-state index contributed by atoms with van der Waals surface area (Å²) < 4.78 is 0. The van der Waals surface area contributed by atoms with Crippen LogP contribution in [0.4, 0.5) is 11.4 Å². The van der Waals surface area contributed by atoms with Crippen molar-refractivity contribution in [3.05, 3.63) is 59.7 Å². The molecule has 2 aromatic carbocycles. The molecule has 0 fully saturated rings. The lowest BCUT2D eigenvalue weighted by Gasteiger charge is -2.24. The van der Waals surface area contributed by atoms with E-state index in [0.29, 0.717) is 29.8 Å². The van der Waals surface area contributed by atoms with Crippen LogP contribution in [-0.4, -0.2) is 17.4 Å². The number of amides is 2. The van der Waals surface area contributed by atoms with Crippen LogP contribution < -0.4 is 16.4 Å². The molecule has 0 saturated heterocycles. The number of benzene rings is 2. The number of rotatable bonds is 7. The van der Waals surface area contributed by atoms with Gasteiger partial charge in [-0.25, -0.2) is 0 Å². The lowest BCUT2D eigenvalue weighted by molar-refractivity contribution is -0.116. The molecule has 0 saturated carbocycles. The fraction of sp³-hybridized carbons (Fsp3) is 0.333. The topological polar surface area (TPSA) is 84.2 Å². The molecule has 2 aromatic rings. The number of hydrogen-bond acceptors (Lipinski definition) is 3. The zero-order valence-corrected chi connectivity index (χ0v) is 15.6. The maximum absolute atomic E-state index is 12.2. The highest BCUT2D eigenvalue weighted by Crippen LogP contribution is 2.15. The number of para-hydroxylation sites is 1. The molecule has 0 aromatic heterocycles. The Hall–Kier alpha value is -2.82. The maximum Gasteiger partial charge on any atom is 0.251 e. The first kappa shape index (κ1) is 19.5. The summed E-state index contributed by atoms with van der Waals surface area (Å²) in [5, 5.41) is 5.83. The normalized spacial score (nSPS) is 11.0. The third kappa shape index (κ3) is 5.62. The second-order valence-electron chi connectivity index (χ2n) is 7.02. The second-order valence-corrected chi connectivity index (χ2v) is 7.02. The van der Waals surface area contributed by atoms with Crippen LogP contribution in [-0.2, 0) is 11.2 Å². The molecule has 26 heavy (non-hydrogen) atoms. The maximum atomic E-state index is 12.2. The van der Waals surface area contributed by atoms with Gasteiger partial charge in [-0.1, -0.05) is 25.1 Å². The Balaban J connectivity index is 1.89. The Morgan fingerprint density at radius 2 is 1.69 bits per heavy atom. The lowest BCUT2D eigenvalue weighted by atomic mass is 10.0. The highest BCUT2D eigenvalue weighted by molar-refractivity contribution is 5.96. The van der Waals surface area contributed by atoms with Crippen LogP contribution in [0, 0.1) is 0 Å². The van der Waals surface area contributed by atoms with Gasteiger partial charge in [0.2, 0.25) is 5.91 Å². The average molecular weight is 353 g/mol. The Morgan fingerprint density at radius 1 is 1.04 bits per heavy atom. The highest BCUT2D eigenvalue weighted by Gasteiger charge is 2.18. The first-order valence-corrected chi connectivity index (χ1v) is 8.86. The van der Waals surface area contributed by atoms with Crippen LogP contribution >= 0.6 is 0 Å². The number of aryl methyl sites for hydroxylation is 1. The number of hydrogen-bond donors (Lipinski definition) is 3. The number of nitrogens with one attached hydrogen (secondary N) is 2. The Morgan fingerprint density at radius 3 is 2.31 bits per heavy atom. The summed E-state index contributed by atoms with van der Waals surface area (Å²) >= 11 is 0. The summed E-state index contributed by atoms with van der Waals surface area (Å²) in [4.78, 5) is 24.3. The minimum atomic E-state index is -0.247. The predicted octanol–water partition coefficient (Wildman–Crippen LogP) is 3.76. The van der Waals surface area contributed by atoms with Gasteiger partial charge < -0.3 is 16.4 Å². The van der Waals surface area contributed by atoms with Crippen molar-refractivity contribution in [2.45, 2.75) is 45.6 Å². The molecule has 5 nitrogen and oxygen atoms in total. The smallest absolute Gasteiger partial charge is 0.251 e. The first-order chi connectivity index (χ1) is 12.3. The molecule has 0 spiro atoms. The van der Waals surface area contributed by atoms with E-state index in [0.717, 1.165) is 12.0 Å².